The van der Waals surface area contributed by atoms with Gasteiger partial charge in [0.2, 0.25) is 10.6 Å². The molecular formula is C20H29BrCl2N6O2. The number of aromatic nitrogens is 4. The molecule has 0 unspecified atom stereocenters. The summed E-state index contributed by atoms with van der Waals surface area (Å²) in [6.45, 7) is 4.68. The Morgan fingerprint density at radius 1 is 0.839 bits per heavy atom. The highest BCUT2D eigenvalue weighted by Gasteiger charge is 2.16. The lowest BCUT2D eigenvalue weighted by atomic mass is 10.1. The summed E-state index contributed by atoms with van der Waals surface area (Å²) in [5, 5.41) is 22.7. The van der Waals surface area contributed by atoms with Gasteiger partial charge in [-0.25, -0.2) is 19.9 Å². The van der Waals surface area contributed by atoms with Crippen molar-refractivity contribution in [3.63, 3.8) is 0 Å². The van der Waals surface area contributed by atoms with Gasteiger partial charge in [0.1, 0.15) is 0 Å². The molecular weight excluding hydrogens is 507 g/mol. The zero-order valence-electron chi connectivity index (χ0n) is 17.3. The minimum Gasteiger partial charge on any atom is -0.393 e. The Bertz CT molecular complexity index is 727. The van der Waals surface area contributed by atoms with Crippen molar-refractivity contribution in [2.24, 2.45) is 0 Å². The molecule has 0 saturated carbocycles. The van der Waals surface area contributed by atoms with Gasteiger partial charge in [-0.2, -0.15) is 0 Å². The molecule has 0 amide bonds. The van der Waals surface area contributed by atoms with Crippen molar-refractivity contribution >= 4 is 39.1 Å². The topological polar surface area (TPSA) is 107 Å². The van der Waals surface area contributed by atoms with Crippen LogP contribution >= 0.6 is 39.1 Å². The smallest absolute Gasteiger partial charge is 0.222 e. The number of hydrogen-bond donors (Lipinski definition) is 3. The molecule has 31 heavy (non-hydrogen) atoms. The minimum absolute atomic E-state index is 0.0266. The summed E-state index contributed by atoms with van der Waals surface area (Å²) in [5.41, 5.74) is 2.09. The third-order valence-electron chi connectivity index (χ3n) is 4.77. The minimum atomic E-state index is -0.122. The molecule has 11 heteroatoms. The van der Waals surface area contributed by atoms with E-state index in [1.807, 2.05) is 0 Å². The van der Waals surface area contributed by atoms with Crippen molar-refractivity contribution in [3.05, 3.63) is 46.5 Å². The van der Waals surface area contributed by atoms with Crippen molar-refractivity contribution in [1.82, 2.24) is 30.2 Å². The van der Waals surface area contributed by atoms with Crippen LogP contribution in [0.4, 0.5) is 0 Å². The molecule has 4 heterocycles. The summed E-state index contributed by atoms with van der Waals surface area (Å²) >= 11 is 14.3. The van der Waals surface area contributed by atoms with Gasteiger partial charge in [-0.15, -0.1) is 0 Å². The Balaban J connectivity index is 0.000000181. The van der Waals surface area contributed by atoms with Crippen LogP contribution in [-0.2, 0) is 11.9 Å². The second-order valence-electron chi connectivity index (χ2n) is 7.34. The predicted octanol–water partition coefficient (Wildman–Crippen LogP) is 2.84. The van der Waals surface area contributed by atoms with Crippen LogP contribution in [0.1, 0.15) is 36.8 Å². The van der Waals surface area contributed by atoms with Crippen LogP contribution in [0.25, 0.3) is 0 Å². The second kappa shape index (κ2) is 15.0. The third-order valence-corrected chi connectivity index (χ3v) is 5.81. The zero-order valence-corrected chi connectivity index (χ0v) is 20.4. The maximum atomic E-state index is 9.36. The number of piperidine rings is 2. The number of likely N-dealkylation sites (tertiary alicyclic amines) is 1. The first-order valence-corrected chi connectivity index (χ1v) is 12.1. The lowest BCUT2D eigenvalue weighted by Gasteiger charge is -2.29. The van der Waals surface area contributed by atoms with Crippen molar-refractivity contribution in [2.75, 3.05) is 26.2 Å². The van der Waals surface area contributed by atoms with E-state index in [1.165, 1.54) is 0 Å². The second-order valence-corrected chi connectivity index (χ2v) is 8.58. The monoisotopic (exact) mass is 534 g/mol. The van der Waals surface area contributed by atoms with Crippen LogP contribution in [-0.4, -0.2) is 73.4 Å². The van der Waals surface area contributed by atoms with Gasteiger partial charge in [-0.3, -0.25) is 4.90 Å². The Labute approximate surface area is 201 Å². The van der Waals surface area contributed by atoms with E-state index in [9.17, 15) is 5.11 Å². The zero-order chi connectivity index (χ0) is 22.5. The molecule has 2 aromatic rings. The van der Waals surface area contributed by atoms with E-state index in [0.717, 1.165) is 74.9 Å². The van der Waals surface area contributed by atoms with Gasteiger partial charge in [0.15, 0.2) is 0 Å². The highest BCUT2D eigenvalue weighted by molar-refractivity contribution is 9.08. The Kier molecular flexibility index (Phi) is 12.7. The van der Waals surface area contributed by atoms with Crippen molar-refractivity contribution in [3.8, 4) is 0 Å². The lowest BCUT2D eigenvalue weighted by molar-refractivity contribution is 0.0791. The third kappa shape index (κ3) is 11.5. The Morgan fingerprint density at radius 2 is 1.29 bits per heavy atom. The molecule has 8 nitrogen and oxygen atoms in total. The number of aliphatic hydroxyl groups excluding tert-OH is 2. The summed E-state index contributed by atoms with van der Waals surface area (Å²) in [6, 6.07) is 0. The van der Waals surface area contributed by atoms with Gasteiger partial charge in [0.25, 0.3) is 0 Å². The van der Waals surface area contributed by atoms with Crippen LogP contribution < -0.4 is 5.32 Å². The summed E-state index contributed by atoms with van der Waals surface area (Å²) in [6.07, 6.45) is 10.3. The van der Waals surface area contributed by atoms with Crippen molar-refractivity contribution in [2.45, 2.75) is 49.8 Å². The fourth-order valence-electron chi connectivity index (χ4n) is 2.97. The fourth-order valence-corrected chi connectivity index (χ4v) is 3.46. The molecule has 4 rings (SSSR count). The first-order valence-electron chi connectivity index (χ1n) is 10.2. The van der Waals surface area contributed by atoms with E-state index in [1.54, 1.807) is 24.8 Å². The van der Waals surface area contributed by atoms with E-state index < -0.39 is 0 Å². The first-order chi connectivity index (χ1) is 15.0. The maximum Gasteiger partial charge on any atom is 0.222 e. The molecule has 0 bridgehead atoms. The van der Waals surface area contributed by atoms with Crippen molar-refractivity contribution < 1.29 is 10.2 Å². The quantitative estimate of drug-likeness (QED) is 0.407. The highest BCUT2D eigenvalue weighted by atomic mass is 79.9. The first kappa shape index (κ1) is 26.3. The summed E-state index contributed by atoms with van der Waals surface area (Å²) in [4.78, 5) is 17.7. The largest absolute Gasteiger partial charge is 0.393 e. The molecule has 0 radical (unpaired) electrons. The van der Waals surface area contributed by atoms with Crippen LogP contribution in [0.5, 0.6) is 0 Å². The number of nitrogens with zero attached hydrogens (tertiary/aromatic N) is 5. The average Bonchev–Trinajstić information content (AvgIpc) is 2.79. The predicted molar refractivity (Wildman–Crippen MR) is 125 cm³/mol. The van der Waals surface area contributed by atoms with E-state index in [-0.39, 0.29) is 17.5 Å². The number of rotatable bonds is 3. The van der Waals surface area contributed by atoms with Gasteiger partial charge >= 0.3 is 0 Å². The highest BCUT2D eigenvalue weighted by Crippen LogP contribution is 2.13. The number of halogens is 3. The fraction of sp³-hybridized carbons (Fsp3) is 0.600. The van der Waals surface area contributed by atoms with E-state index in [4.69, 9.17) is 28.3 Å². The summed E-state index contributed by atoms with van der Waals surface area (Å²) < 4.78 is 0. The molecule has 0 aliphatic carbocycles. The molecule has 3 N–H and O–H groups in total. The standard InChI is InChI=1S/C10H14ClN3O.C5H4BrClN2.C5H11NO/c11-10-12-5-8(6-13-10)7-14-3-1-9(15)2-4-14;6-1-4-2-8-5(7)9-3-4;7-5-1-3-6-4-2-5/h5-6,9,15H,1-4,7H2;2-3H,1H2;5-7H,1-4H2. The van der Waals surface area contributed by atoms with Crippen LogP contribution in [0.3, 0.4) is 0 Å². The van der Waals surface area contributed by atoms with E-state index >= 15 is 0 Å². The average molecular weight is 536 g/mol. The maximum absolute atomic E-state index is 9.36. The molecule has 0 atom stereocenters. The van der Waals surface area contributed by atoms with Crippen LogP contribution in [0, 0.1) is 0 Å². The molecule has 0 aromatic carbocycles. The van der Waals surface area contributed by atoms with Crippen molar-refractivity contribution in [1.29, 1.82) is 0 Å². The summed E-state index contributed by atoms with van der Waals surface area (Å²) in [5.74, 6) is 0. The molecule has 2 aliphatic rings. The van der Waals surface area contributed by atoms with Gasteiger partial charge in [0.05, 0.1) is 12.2 Å². The Hall–Kier alpha value is -0.940. The van der Waals surface area contributed by atoms with Crippen LogP contribution in [0.2, 0.25) is 10.6 Å². The van der Waals surface area contributed by atoms with Gasteiger partial charge in [-0.1, -0.05) is 15.9 Å². The van der Waals surface area contributed by atoms with Crippen LogP contribution in [0.15, 0.2) is 24.8 Å². The molecule has 0 spiro atoms. The molecule has 172 valence electrons. The summed E-state index contributed by atoms with van der Waals surface area (Å²) in [7, 11) is 0. The van der Waals surface area contributed by atoms with Gasteiger partial charge < -0.3 is 15.5 Å². The molecule has 2 aliphatic heterocycles. The molecule has 2 saturated heterocycles. The number of hydrogen-bond acceptors (Lipinski definition) is 8. The molecule has 2 fully saturated rings. The number of nitrogens with one attached hydrogen (secondary N) is 1. The normalized spacial score (nSPS) is 17.8. The SMILES string of the molecule is Clc1ncc(CBr)cn1.OC1CCN(Cc2cnc(Cl)nc2)CC1.OC1CCNCC1. The molecule has 2 aromatic heterocycles. The van der Waals surface area contributed by atoms with E-state index in [0.29, 0.717) is 5.28 Å². The Morgan fingerprint density at radius 3 is 1.71 bits per heavy atom. The van der Waals surface area contributed by atoms with Gasteiger partial charge in [-0.05, 0) is 67.5 Å². The number of alkyl halides is 1. The van der Waals surface area contributed by atoms with Gasteiger partial charge in [0, 0.05) is 55.3 Å². The van der Waals surface area contributed by atoms with E-state index in [2.05, 4.69) is 46.1 Å². The lowest BCUT2D eigenvalue weighted by Crippen LogP contribution is -2.35. The number of aliphatic hydroxyl groups is 2.